The lowest BCUT2D eigenvalue weighted by Crippen LogP contribution is -2.29. The summed E-state index contributed by atoms with van der Waals surface area (Å²) in [6.45, 7) is 2.81. The molecule has 100 valence electrons. The third-order valence-corrected chi connectivity index (χ3v) is 3.66. The van der Waals surface area contributed by atoms with Gasteiger partial charge in [-0.15, -0.1) is 0 Å². The molecule has 0 fully saturated rings. The van der Waals surface area contributed by atoms with E-state index in [-0.39, 0.29) is 0 Å². The summed E-state index contributed by atoms with van der Waals surface area (Å²) in [5, 5.41) is 3.46. The highest BCUT2D eigenvalue weighted by Gasteiger charge is 2.18. The van der Waals surface area contributed by atoms with Gasteiger partial charge in [-0.3, -0.25) is 0 Å². The molecule has 3 heteroatoms. The number of hydrogen-bond donors (Lipinski definition) is 1. The minimum Gasteiger partial charge on any atom is -0.497 e. The van der Waals surface area contributed by atoms with Crippen LogP contribution in [0.15, 0.2) is 18.2 Å². The van der Waals surface area contributed by atoms with E-state index in [0.29, 0.717) is 0 Å². The molecule has 1 aliphatic carbocycles. The van der Waals surface area contributed by atoms with Crippen molar-refractivity contribution in [3.05, 3.63) is 29.3 Å². The van der Waals surface area contributed by atoms with Crippen molar-refractivity contribution in [2.45, 2.75) is 19.3 Å². The van der Waals surface area contributed by atoms with Crippen molar-refractivity contribution in [1.82, 2.24) is 5.32 Å². The Hall–Kier alpha value is -1.06. The first-order valence-electron chi connectivity index (χ1n) is 6.69. The third kappa shape index (κ3) is 3.47. The van der Waals surface area contributed by atoms with Gasteiger partial charge in [0.25, 0.3) is 0 Å². The van der Waals surface area contributed by atoms with Crippen molar-refractivity contribution in [3.8, 4) is 5.75 Å². The summed E-state index contributed by atoms with van der Waals surface area (Å²) in [5.41, 5.74) is 2.95. The van der Waals surface area contributed by atoms with E-state index in [1.165, 1.54) is 24.0 Å². The van der Waals surface area contributed by atoms with E-state index < -0.39 is 0 Å². The second-order valence-electron chi connectivity index (χ2n) is 4.94. The molecule has 0 saturated heterocycles. The first-order chi connectivity index (χ1) is 8.83. The van der Waals surface area contributed by atoms with Crippen LogP contribution >= 0.6 is 0 Å². The van der Waals surface area contributed by atoms with Crippen molar-refractivity contribution in [3.63, 3.8) is 0 Å². The van der Waals surface area contributed by atoms with Crippen LogP contribution in [0.2, 0.25) is 0 Å². The fourth-order valence-electron chi connectivity index (χ4n) is 2.59. The highest BCUT2D eigenvalue weighted by Crippen LogP contribution is 2.28. The lowest BCUT2D eigenvalue weighted by molar-refractivity contribution is 0.197. The largest absolute Gasteiger partial charge is 0.497 e. The van der Waals surface area contributed by atoms with Crippen LogP contribution in [-0.2, 0) is 17.6 Å². The second kappa shape index (κ2) is 6.76. The Balaban J connectivity index is 1.88. The van der Waals surface area contributed by atoms with Crippen LogP contribution in [0.5, 0.6) is 5.75 Å². The minimum absolute atomic E-state index is 0.737. The average Bonchev–Trinajstić information content (AvgIpc) is 2.42. The zero-order valence-corrected chi connectivity index (χ0v) is 11.4. The van der Waals surface area contributed by atoms with Crippen molar-refractivity contribution >= 4 is 0 Å². The maximum atomic E-state index is 5.30. The summed E-state index contributed by atoms with van der Waals surface area (Å²) in [4.78, 5) is 0. The SMILES string of the molecule is COCCNCC1CCc2ccc(OC)cc2C1. The topological polar surface area (TPSA) is 30.5 Å². The lowest BCUT2D eigenvalue weighted by Gasteiger charge is -2.25. The number of ether oxygens (including phenoxy) is 2. The zero-order valence-electron chi connectivity index (χ0n) is 11.4. The normalized spacial score (nSPS) is 18.4. The molecule has 0 bridgehead atoms. The van der Waals surface area contributed by atoms with Crippen LogP contribution in [0.4, 0.5) is 0 Å². The van der Waals surface area contributed by atoms with Gasteiger partial charge < -0.3 is 14.8 Å². The monoisotopic (exact) mass is 249 g/mol. The molecule has 1 atom stereocenters. The molecule has 0 spiro atoms. The van der Waals surface area contributed by atoms with Gasteiger partial charge in [-0.2, -0.15) is 0 Å². The van der Waals surface area contributed by atoms with E-state index in [4.69, 9.17) is 9.47 Å². The predicted octanol–water partition coefficient (Wildman–Crippen LogP) is 2.04. The van der Waals surface area contributed by atoms with Crippen LogP contribution in [0.25, 0.3) is 0 Å². The van der Waals surface area contributed by atoms with Gasteiger partial charge in [0.05, 0.1) is 13.7 Å². The first-order valence-corrected chi connectivity index (χ1v) is 6.69. The number of rotatable bonds is 6. The molecule has 0 saturated carbocycles. The van der Waals surface area contributed by atoms with Gasteiger partial charge in [0, 0.05) is 13.7 Å². The molecule has 0 radical (unpaired) electrons. The Bertz CT molecular complexity index is 379. The highest BCUT2D eigenvalue weighted by molar-refractivity contribution is 5.37. The van der Waals surface area contributed by atoms with Crippen LogP contribution in [0, 0.1) is 5.92 Å². The van der Waals surface area contributed by atoms with Crippen LogP contribution in [0.3, 0.4) is 0 Å². The summed E-state index contributed by atoms with van der Waals surface area (Å²) in [7, 11) is 3.47. The number of fused-ring (bicyclic) bond motifs is 1. The van der Waals surface area contributed by atoms with Crippen molar-refractivity contribution in [2.75, 3.05) is 33.9 Å². The number of nitrogens with one attached hydrogen (secondary N) is 1. The Labute approximate surface area is 109 Å². The van der Waals surface area contributed by atoms with Gasteiger partial charge >= 0.3 is 0 Å². The molecular formula is C15H23NO2. The van der Waals surface area contributed by atoms with Crippen LogP contribution < -0.4 is 10.1 Å². The quantitative estimate of drug-likeness (QED) is 0.783. The van der Waals surface area contributed by atoms with Gasteiger partial charge in [0.1, 0.15) is 5.75 Å². The van der Waals surface area contributed by atoms with Crippen molar-refractivity contribution < 1.29 is 9.47 Å². The van der Waals surface area contributed by atoms with E-state index in [1.54, 1.807) is 14.2 Å². The Morgan fingerprint density at radius 3 is 2.94 bits per heavy atom. The number of hydrogen-bond acceptors (Lipinski definition) is 3. The number of aryl methyl sites for hydroxylation is 1. The molecular weight excluding hydrogens is 226 g/mol. The Morgan fingerprint density at radius 1 is 1.28 bits per heavy atom. The maximum absolute atomic E-state index is 5.30. The average molecular weight is 249 g/mol. The lowest BCUT2D eigenvalue weighted by atomic mass is 9.84. The van der Waals surface area contributed by atoms with E-state index in [1.807, 2.05) is 0 Å². The summed E-state index contributed by atoms with van der Waals surface area (Å²) >= 11 is 0. The molecule has 18 heavy (non-hydrogen) atoms. The molecule has 1 unspecified atom stereocenters. The summed E-state index contributed by atoms with van der Waals surface area (Å²) in [6.07, 6.45) is 3.63. The van der Waals surface area contributed by atoms with Gasteiger partial charge in [-0.05, 0) is 55.0 Å². The number of benzene rings is 1. The second-order valence-corrected chi connectivity index (χ2v) is 4.94. The first kappa shape index (κ1) is 13.4. The van der Waals surface area contributed by atoms with Gasteiger partial charge in [0.2, 0.25) is 0 Å². The van der Waals surface area contributed by atoms with E-state index in [0.717, 1.165) is 37.8 Å². The minimum atomic E-state index is 0.737. The van der Waals surface area contributed by atoms with Gasteiger partial charge in [-0.25, -0.2) is 0 Å². The fourth-order valence-corrected chi connectivity index (χ4v) is 2.59. The molecule has 1 aliphatic rings. The highest BCUT2D eigenvalue weighted by atomic mass is 16.5. The van der Waals surface area contributed by atoms with Crippen LogP contribution in [0.1, 0.15) is 17.5 Å². The molecule has 3 nitrogen and oxygen atoms in total. The number of methoxy groups -OCH3 is 2. The standard InChI is InChI=1S/C15H23NO2/c1-17-8-7-16-11-12-3-4-13-5-6-15(18-2)10-14(13)9-12/h5-6,10,12,16H,3-4,7-9,11H2,1-2H3. The van der Waals surface area contributed by atoms with Crippen molar-refractivity contribution in [2.24, 2.45) is 5.92 Å². The maximum Gasteiger partial charge on any atom is 0.119 e. The smallest absolute Gasteiger partial charge is 0.119 e. The molecule has 0 aromatic heterocycles. The van der Waals surface area contributed by atoms with E-state index in [2.05, 4.69) is 23.5 Å². The van der Waals surface area contributed by atoms with Gasteiger partial charge in [-0.1, -0.05) is 6.07 Å². The Morgan fingerprint density at radius 2 is 2.17 bits per heavy atom. The summed E-state index contributed by atoms with van der Waals surface area (Å²) in [6, 6.07) is 6.47. The molecule has 1 N–H and O–H groups in total. The van der Waals surface area contributed by atoms with Crippen molar-refractivity contribution in [1.29, 1.82) is 0 Å². The third-order valence-electron chi connectivity index (χ3n) is 3.66. The summed E-state index contributed by atoms with van der Waals surface area (Å²) in [5.74, 6) is 1.71. The Kier molecular flexibility index (Phi) is 5.02. The molecule has 0 heterocycles. The molecule has 1 aromatic carbocycles. The zero-order chi connectivity index (χ0) is 12.8. The predicted molar refractivity (Wildman–Crippen MR) is 73.3 cm³/mol. The molecule has 0 amide bonds. The van der Waals surface area contributed by atoms with Crippen LogP contribution in [-0.4, -0.2) is 33.9 Å². The van der Waals surface area contributed by atoms with E-state index in [9.17, 15) is 0 Å². The summed E-state index contributed by atoms with van der Waals surface area (Å²) < 4.78 is 10.3. The van der Waals surface area contributed by atoms with E-state index >= 15 is 0 Å². The van der Waals surface area contributed by atoms with Gasteiger partial charge in [0.15, 0.2) is 0 Å². The molecule has 2 rings (SSSR count). The fraction of sp³-hybridized carbons (Fsp3) is 0.600. The molecule has 1 aromatic rings. The molecule has 0 aliphatic heterocycles.